The van der Waals surface area contributed by atoms with E-state index in [2.05, 4.69) is 147 Å². The van der Waals surface area contributed by atoms with Crippen LogP contribution in [0.25, 0.3) is 65.2 Å². The molecule has 245 valence electrons. The SMILES string of the molecule is CC1(C)c2ccccc2-c2c[c-]c(-c3nc4ccccc4s3)cc21.CC1(C)c2ccccc2-c2c[c-]c(-c3ncnc4ccccc34)cc21.[Ir]. The van der Waals surface area contributed by atoms with E-state index in [1.165, 1.54) is 49.2 Å². The number of para-hydroxylation sites is 2. The number of nitrogens with zero attached hydrogens (tertiary/aromatic N) is 3. The van der Waals surface area contributed by atoms with E-state index in [0.717, 1.165) is 38.2 Å². The topological polar surface area (TPSA) is 38.7 Å². The molecule has 0 N–H and O–H groups in total. The zero-order valence-electron chi connectivity index (χ0n) is 28.2. The monoisotopic (exact) mass is 840 g/mol. The maximum atomic E-state index is 4.79. The molecule has 5 heteroatoms. The smallest absolute Gasteiger partial charge is 0.106 e. The maximum Gasteiger partial charge on any atom is 0.106 e. The predicted molar refractivity (Wildman–Crippen MR) is 203 cm³/mol. The first-order valence-electron chi connectivity index (χ1n) is 16.7. The molecule has 0 fully saturated rings. The maximum absolute atomic E-state index is 4.79. The Bertz CT molecular complexity index is 2540. The van der Waals surface area contributed by atoms with Crippen LogP contribution in [-0.2, 0) is 30.9 Å². The second kappa shape index (κ2) is 12.2. The Morgan fingerprint density at radius 2 is 1.08 bits per heavy atom. The molecular weight excluding hydrogens is 807 g/mol. The van der Waals surface area contributed by atoms with Crippen LogP contribution in [0.4, 0.5) is 0 Å². The van der Waals surface area contributed by atoms with Crippen molar-refractivity contribution in [3.05, 3.63) is 162 Å². The Kier molecular flexibility index (Phi) is 7.91. The molecule has 2 aliphatic carbocycles. The van der Waals surface area contributed by atoms with E-state index in [9.17, 15) is 0 Å². The second-order valence-electron chi connectivity index (χ2n) is 13.9. The van der Waals surface area contributed by atoms with Crippen LogP contribution < -0.4 is 0 Å². The van der Waals surface area contributed by atoms with Crippen molar-refractivity contribution in [3.63, 3.8) is 0 Å². The largest absolute Gasteiger partial charge is 0.285 e. The summed E-state index contributed by atoms with van der Waals surface area (Å²) in [5.41, 5.74) is 15.8. The summed E-state index contributed by atoms with van der Waals surface area (Å²) in [5.74, 6) is 0. The molecule has 0 saturated carbocycles. The van der Waals surface area contributed by atoms with Gasteiger partial charge in [-0.15, -0.1) is 58.7 Å². The van der Waals surface area contributed by atoms with E-state index in [1.807, 2.05) is 24.3 Å². The van der Waals surface area contributed by atoms with E-state index in [0.29, 0.717) is 0 Å². The summed E-state index contributed by atoms with van der Waals surface area (Å²) in [6, 6.07) is 49.5. The molecular formula is C45H33IrN3S-2. The van der Waals surface area contributed by atoms with Gasteiger partial charge in [0.2, 0.25) is 0 Å². The first-order chi connectivity index (χ1) is 23.8. The van der Waals surface area contributed by atoms with Gasteiger partial charge in [-0.3, -0.25) is 9.97 Å². The number of aromatic nitrogens is 3. The molecule has 1 radical (unpaired) electrons. The molecule has 50 heavy (non-hydrogen) atoms. The molecule has 10 rings (SSSR count). The fourth-order valence-corrected chi connectivity index (χ4v) is 8.69. The number of fused-ring (bicyclic) bond motifs is 8. The van der Waals surface area contributed by atoms with Gasteiger partial charge in [0, 0.05) is 29.8 Å². The molecule has 2 aliphatic rings. The van der Waals surface area contributed by atoms with Crippen LogP contribution in [0.2, 0.25) is 0 Å². The number of thiazole rings is 1. The Hall–Kier alpha value is -4.80. The van der Waals surface area contributed by atoms with Gasteiger partial charge in [-0.05, 0) is 51.2 Å². The number of benzene rings is 6. The zero-order chi connectivity index (χ0) is 33.3. The van der Waals surface area contributed by atoms with Gasteiger partial charge in [0.15, 0.2) is 0 Å². The molecule has 6 aromatic carbocycles. The third-order valence-electron chi connectivity index (χ3n) is 10.4. The third-order valence-corrected chi connectivity index (χ3v) is 11.4. The molecule has 0 aliphatic heterocycles. The van der Waals surface area contributed by atoms with Gasteiger partial charge in [0.05, 0.1) is 11.0 Å². The molecule has 0 amide bonds. The van der Waals surface area contributed by atoms with Crippen LogP contribution in [0, 0.1) is 12.1 Å². The first kappa shape index (κ1) is 32.4. The Morgan fingerprint density at radius 1 is 0.540 bits per heavy atom. The molecule has 0 saturated heterocycles. The summed E-state index contributed by atoms with van der Waals surface area (Å²) in [6.45, 7) is 9.19. The van der Waals surface area contributed by atoms with Crippen molar-refractivity contribution in [1.29, 1.82) is 0 Å². The van der Waals surface area contributed by atoms with Crippen molar-refractivity contribution < 1.29 is 20.1 Å². The second-order valence-corrected chi connectivity index (χ2v) is 14.9. The molecule has 0 atom stereocenters. The average Bonchev–Trinajstić information content (AvgIpc) is 3.75. The summed E-state index contributed by atoms with van der Waals surface area (Å²) >= 11 is 1.74. The molecule has 0 unspecified atom stereocenters. The fraction of sp³-hybridized carbons (Fsp3) is 0.133. The zero-order valence-corrected chi connectivity index (χ0v) is 31.4. The predicted octanol–water partition coefficient (Wildman–Crippen LogP) is 11.5. The summed E-state index contributed by atoms with van der Waals surface area (Å²) < 4.78 is 1.23. The summed E-state index contributed by atoms with van der Waals surface area (Å²) in [7, 11) is 0. The van der Waals surface area contributed by atoms with E-state index < -0.39 is 0 Å². The molecule has 0 bridgehead atoms. The van der Waals surface area contributed by atoms with Crippen LogP contribution in [0.3, 0.4) is 0 Å². The summed E-state index contributed by atoms with van der Waals surface area (Å²) in [6.07, 6.45) is 1.64. The van der Waals surface area contributed by atoms with Gasteiger partial charge in [-0.25, -0.2) is 4.98 Å². The number of hydrogen-bond donors (Lipinski definition) is 0. The van der Waals surface area contributed by atoms with Gasteiger partial charge >= 0.3 is 0 Å². The van der Waals surface area contributed by atoms with Crippen molar-refractivity contribution in [2.45, 2.75) is 38.5 Å². The minimum Gasteiger partial charge on any atom is -0.285 e. The molecule has 2 heterocycles. The molecule has 2 aromatic heterocycles. The quantitative estimate of drug-likeness (QED) is 0.163. The first-order valence-corrected chi connectivity index (χ1v) is 17.5. The van der Waals surface area contributed by atoms with Crippen LogP contribution in [0.15, 0.2) is 128 Å². The van der Waals surface area contributed by atoms with Crippen LogP contribution >= 0.6 is 11.3 Å². The van der Waals surface area contributed by atoms with Crippen molar-refractivity contribution in [2.24, 2.45) is 0 Å². The van der Waals surface area contributed by atoms with E-state index in [4.69, 9.17) is 4.98 Å². The Balaban J connectivity index is 0.000000142. The minimum absolute atomic E-state index is 0. The van der Waals surface area contributed by atoms with Gasteiger partial charge < -0.3 is 0 Å². The van der Waals surface area contributed by atoms with Crippen molar-refractivity contribution >= 4 is 32.5 Å². The molecule has 8 aromatic rings. The Labute approximate surface area is 310 Å². The van der Waals surface area contributed by atoms with Gasteiger partial charge in [0.1, 0.15) is 6.33 Å². The normalized spacial score (nSPS) is 14.2. The van der Waals surface area contributed by atoms with Crippen LogP contribution in [0.1, 0.15) is 49.9 Å². The minimum atomic E-state index is -0.0153. The number of rotatable bonds is 2. The van der Waals surface area contributed by atoms with Crippen molar-refractivity contribution in [1.82, 2.24) is 15.0 Å². The average molecular weight is 840 g/mol. The summed E-state index contributed by atoms with van der Waals surface area (Å²) in [4.78, 5) is 13.7. The third kappa shape index (κ3) is 5.07. The van der Waals surface area contributed by atoms with Crippen molar-refractivity contribution in [2.75, 3.05) is 0 Å². The van der Waals surface area contributed by atoms with E-state index in [-0.39, 0.29) is 30.9 Å². The standard InChI is InChI=1S/C23H17N2.C22H16NS.Ir/c1-23(2)19-9-5-3-7-16(19)17-12-11-15(13-20(17)23)22-18-8-4-6-10-21(18)24-14-25-22;1-22(2)17-8-4-3-7-15(17)16-12-11-14(13-18(16)22)21-23-19-9-5-6-10-20(19)24-21;/h3-10,12-14H,1-2H3;3-10,12-13H,1-2H3;/q2*-1;. The fourth-order valence-electron chi connectivity index (χ4n) is 7.75. The van der Waals surface area contributed by atoms with E-state index in [1.54, 1.807) is 17.7 Å². The van der Waals surface area contributed by atoms with Gasteiger partial charge in [-0.2, -0.15) is 11.3 Å². The molecule has 0 spiro atoms. The van der Waals surface area contributed by atoms with Gasteiger partial charge in [0.25, 0.3) is 0 Å². The number of hydrogen-bond acceptors (Lipinski definition) is 4. The molecule has 3 nitrogen and oxygen atoms in total. The Morgan fingerprint density at radius 3 is 1.74 bits per heavy atom. The van der Waals surface area contributed by atoms with Gasteiger partial charge in [-0.1, -0.05) is 129 Å². The summed E-state index contributed by atoms with van der Waals surface area (Å²) in [5, 5.41) is 2.11. The van der Waals surface area contributed by atoms with Crippen LogP contribution in [0.5, 0.6) is 0 Å². The van der Waals surface area contributed by atoms with Crippen molar-refractivity contribution in [3.8, 4) is 44.1 Å². The van der Waals surface area contributed by atoms with Crippen LogP contribution in [-0.4, -0.2) is 15.0 Å². The van der Waals surface area contributed by atoms with E-state index >= 15 is 0 Å².